The number of nitrogens with zero attached hydrogens (tertiary/aromatic N) is 2. The fourth-order valence-corrected chi connectivity index (χ4v) is 5.17. The Morgan fingerprint density at radius 2 is 1.86 bits per heavy atom. The first-order valence-corrected chi connectivity index (χ1v) is 10.4. The maximum Gasteiger partial charge on any atom is 0.234 e. The van der Waals surface area contributed by atoms with E-state index >= 15 is 0 Å². The van der Waals surface area contributed by atoms with Gasteiger partial charge in [0.2, 0.25) is 5.91 Å². The molecule has 2 fully saturated rings. The molecular weight excluding hydrogens is 362 g/mol. The molecule has 3 atom stereocenters. The number of ether oxygens (including phenoxy) is 1. The zero-order chi connectivity index (χ0) is 20.4. The van der Waals surface area contributed by atoms with Crippen LogP contribution in [0.15, 0.2) is 48.5 Å². The molecular formula is C24H31N3O2. The molecule has 2 aliphatic rings. The van der Waals surface area contributed by atoms with Crippen LogP contribution in [0.5, 0.6) is 5.75 Å². The zero-order valence-electron chi connectivity index (χ0n) is 17.6. The summed E-state index contributed by atoms with van der Waals surface area (Å²) in [6.45, 7) is 6.25. The lowest BCUT2D eigenvalue weighted by molar-refractivity contribution is -0.122. The lowest BCUT2D eigenvalue weighted by Crippen LogP contribution is -2.37. The van der Waals surface area contributed by atoms with Gasteiger partial charge in [-0.05, 0) is 43.0 Å². The molecule has 0 radical (unpaired) electrons. The van der Waals surface area contributed by atoms with Gasteiger partial charge in [-0.3, -0.25) is 14.6 Å². The lowest BCUT2D eigenvalue weighted by atomic mass is 9.88. The Balaban J connectivity index is 1.35. The van der Waals surface area contributed by atoms with Gasteiger partial charge in [0.05, 0.1) is 13.7 Å². The summed E-state index contributed by atoms with van der Waals surface area (Å²) in [7, 11) is 3.89. The number of likely N-dealkylation sites (tertiary alicyclic amines) is 2. The zero-order valence-corrected chi connectivity index (χ0v) is 17.6. The number of amides is 1. The second kappa shape index (κ2) is 8.56. The normalized spacial score (nSPS) is 24.4. The molecule has 5 heteroatoms. The molecule has 2 heterocycles. The molecule has 2 saturated heterocycles. The predicted molar refractivity (Wildman–Crippen MR) is 115 cm³/mol. The molecule has 1 N–H and O–H groups in total. The van der Waals surface area contributed by atoms with Crippen LogP contribution in [0.4, 0.5) is 0 Å². The molecule has 0 aromatic heterocycles. The van der Waals surface area contributed by atoms with Gasteiger partial charge in [-0.1, -0.05) is 42.5 Å². The second-order valence-corrected chi connectivity index (χ2v) is 8.45. The fourth-order valence-electron chi connectivity index (χ4n) is 5.17. The molecule has 2 aromatic rings. The largest absolute Gasteiger partial charge is 0.496 e. The van der Waals surface area contributed by atoms with E-state index in [0.717, 1.165) is 30.9 Å². The van der Waals surface area contributed by atoms with Crippen LogP contribution in [0.25, 0.3) is 0 Å². The van der Waals surface area contributed by atoms with Crippen molar-refractivity contribution in [2.45, 2.75) is 19.5 Å². The van der Waals surface area contributed by atoms with Gasteiger partial charge >= 0.3 is 0 Å². The Morgan fingerprint density at radius 3 is 2.66 bits per heavy atom. The van der Waals surface area contributed by atoms with Crippen molar-refractivity contribution < 1.29 is 9.53 Å². The molecule has 2 aliphatic heterocycles. The topological polar surface area (TPSA) is 44.8 Å². The molecule has 0 saturated carbocycles. The molecule has 154 valence electrons. The van der Waals surface area contributed by atoms with E-state index in [1.807, 2.05) is 24.3 Å². The van der Waals surface area contributed by atoms with E-state index < -0.39 is 0 Å². The van der Waals surface area contributed by atoms with Crippen LogP contribution >= 0.6 is 0 Å². The number of benzene rings is 2. The van der Waals surface area contributed by atoms with Crippen molar-refractivity contribution in [1.29, 1.82) is 0 Å². The highest BCUT2D eigenvalue weighted by Gasteiger charge is 2.46. The summed E-state index contributed by atoms with van der Waals surface area (Å²) < 4.78 is 5.37. The van der Waals surface area contributed by atoms with E-state index in [4.69, 9.17) is 4.74 Å². The van der Waals surface area contributed by atoms with Crippen molar-refractivity contribution in [2.75, 3.05) is 40.3 Å². The quantitative estimate of drug-likeness (QED) is 0.820. The van der Waals surface area contributed by atoms with Crippen LogP contribution in [0.2, 0.25) is 0 Å². The van der Waals surface area contributed by atoms with E-state index in [2.05, 4.69) is 53.4 Å². The molecule has 0 spiro atoms. The summed E-state index contributed by atoms with van der Waals surface area (Å²) in [5.74, 6) is 2.11. The summed E-state index contributed by atoms with van der Waals surface area (Å²) >= 11 is 0. The number of rotatable bonds is 6. The Morgan fingerprint density at radius 1 is 1.10 bits per heavy atom. The van der Waals surface area contributed by atoms with Gasteiger partial charge in [0.1, 0.15) is 5.75 Å². The third kappa shape index (κ3) is 4.16. The third-order valence-corrected chi connectivity index (χ3v) is 6.51. The molecule has 0 bridgehead atoms. The van der Waals surface area contributed by atoms with Gasteiger partial charge in [0.25, 0.3) is 0 Å². The highest BCUT2D eigenvalue weighted by Crippen LogP contribution is 2.44. The smallest absolute Gasteiger partial charge is 0.234 e. The van der Waals surface area contributed by atoms with E-state index in [9.17, 15) is 4.79 Å². The minimum atomic E-state index is 0.0803. The van der Waals surface area contributed by atoms with Crippen LogP contribution in [0.1, 0.15) is 22.7 Å². The molecule has 1 amide bonds. The Kier molecular flexibility index (Phi) is 5.88. The maximum atomic E-state index is 12.6. The number of methoxy groups -OCH3 is 1. The third-order valence-electron chi connectivity index (χ3n) is 6.51. The van der Waals surface area contributed by atoms with E-state index in [-0.39, 0.29) is 5.91 Å². The number of nitrogens with one attached hydrogen (secondary N) is 1. The first-order chi connectivity index (χ1) is 14.1. The minimum Gasteiger partial charge on any atom is -0.496 e. The molecule has 2 aromatic carbocycles. The fraction of sp³-hybridized carbons (Fsp3) is 0.458. The molecule has 4 rings (SSSR count). The first kappa shape index (κ1) is 19.9. The summed E-state index contributed by atoms with van der Waals surface area (Å²) in [5.41, 5.74) is 3.80. The van der Waals surface area contributed by atoms with E-state index in [1.54, 1.807) is 7.11 Å². The van der Waals surface area contributed by atoms with Crippen molar-refractivity contribution in [3.8, 4) is 5.75 Å². The Hall–Kier alpha value is -2.37. The highest BCUT2D eigenvalue weighted by atomic mass is 16.5. The highest BCUT2D eigenvalue weighted by molar-refractivity contribution is 5.78. The van der Waals surface area contributed by atoms with Crippen LogP contribution in [-0.2, 0) is 11.3 Å². The summed E-state index contributed by atoms with van der Waals surface area (Å²) in [6.07, 6.45) is 0. The average molecular weight is 394 g/mol. The van der Waals surface area contributed by atoms with Gasteiger partial charge in [0, 0.05) is 37.8 Å². The number of fused-ring (bicyclic) bond motifs is 1. The number of para-hydroxylation sites is 1. The van der Waals surface area contributed by atoms with Crippen molar-refractivity contribution >= 4 is 5.91 Å². The van der Waals surface area contributed by atoms with Gasteiger partial charge in [-0.15, -0.1) is 0 Å². The molecule has 5 nitrogen and oxygen atoms in total. The monoisotopic (exact) mass is 393 g/mol. The molecule has 0 unspecified atom stereocenters. The molecule has 29 heavy (non-hydrogen) atoms. The number of hydrogen-bond acceptors (Lipinski definition) is 4. The summed E-state index contributed by atoms with van der Waals surface area (Å²) in [4.78, 5) is 17.4. The number of hydrogen-bond donors (Lipinski definition) is 1. The number of aryl methyl sites for hydroxylation is 1. The van der Waals surface area contributed by atoms with Gasteiger partial charge < -0.3 is 10.1 Å². The van der Waals surface area contributed by atoms with Gasteiger partial charge in [-0.2, -0.15) is 0 Å². The van der Waals surface area contributed by atoms with Crippen LogP contribution in [-0.4, -0.2) is 56.0 Å². The molecule has 0 aliphatic carbocycles. The Labute approximate surface area is 173 Å². The first-order valence-electron chi connectivity index (χ1n) is 10.4. The van der Waals surface area contributed by atoms with Crippen molar-refractivity contribution in [1.82, 2.24) is 15.1 Å². The number of carbonyl (C=O) groups is 1. The summed E-state index contributed by atoms with van der Waals surface area (Å²) in [5, 5.41) is 3.06. The van der Waals surface area contributed by atoms with E-state index in [0.29, 0.717) is 31.0 Å². The van der Waals surface area contributed by atoms with Crippen LogP contribution < -0.4 is 10.1 Å². The standard InChI is InChI=1S/C24H31N3O2/c1-17-8-4-6-10-20(17)24-21-15-27(14-19(21)13-26(24)2)16-23(28)25-12-18-9-5-7-11-22(18)29-3/h4-11,19,21,24H,12-16H2,1-3H3,(H,25,28)/t19-,21+,24-/m0/s1. The van der Waals surface area contributed by atoms with Crippen molar-refractivity contribution in [3.63, 3.8) is 0 Å². The second-order valence-electron chi connectivity index (χ2n) is 8.45. The van der Waals surface area contributed by atoms with Crippen LogP contribution in [0.3, 0.4) is 0 Å². The summed E-state index contributed by atoms with van der Waals surface area (Å²) in [6, 6.07) is 17.0. The maximum absolute atomic E-state index is 12.6. The van der Waals surface area contributed by atoms with Crippen LogP contribution in [0, 0.1) is 18.8 Å². The van der Waals surface area contributed by atoms with Gasteiger partial charge in [-0.25, -0.2) is 0 Å². The van der Waals surface area contributed by atoms with Crippen molar-refractivity contribution in [3.05, 3.63) is 65.2 Å². The van der Waals surface area contributed by atoms with E-state index in [1.165, 1.54) is 11.1 Å². The average Bonchev–Trinajstić information content (AvgIpc) is 3.23. The van der Waals surface area contributed by atoms with Crippen molar-refractivity contribution in [2.24, 2.45) is 11.8 Å². The van der Waals surface area contributed by atoms with Gasteiger partial charge in [0.15, 0.2) is 0 Å². The predicted octanol–water partition coefficient (Wildman–Crippen LogP) is 2.85. The Bertz CT molecular complexity index is 869. The SMILES string of the molecule is COc1ccccc1CNC(=O)CN1C[C@@H]2CN(C)[C@@H](c3ccccc3C)[C@@H]2C1. The minimum absolute atomic E-state index is 0.0803. The lowest BCUT2D eigenvalue weighted by Gasteiger charge is -2.28. The number of carbonyl (C=O) groups excluding carboxylic acids is 1.